The highest BCUT2D eigenvalue weighted by molar-refractivity contribution is 7.14. The number of hydrogen-bond acceptors (Lipinski definition) is 6. The molecule has 0 aliphatic carbocycles. The molecule has 0 fully saturated rings. The molecule has 0 saturated heterocycles. The van der Waals surface area contributed by atoms with Crippen molar-refractivity contribution in [3.8, 4) is 0 Å². The first-order chi connectivity index (χ1) is 13.9. The van der Waals surface area contributed by atoms with Gasteiger partial charge in [0, 0.05) is 5.69 Å². The van der Waals surface area contributed by atoms with Gasteiger partial charge in [-0.15, -0.1) is 11.3 Å². The van der Waals surface area contributed by atoms with Crippen LogP contribution in [0.15, 0.2) is 58.4 Å². The van der Waals surface area contributed by atoms with Crippen molar-refractivity contribution in [2.75, 3.05) is 4.90 Å². The van der Waals surface area contributed by atoms with Gasteiger partial charge in [0.15, 0.2) is 5.76 Å². The molecule has 1 aliphatic heterocycles. The fraction of sp³-hybridized carbons (Fsp3) is 0.227. The predicted octanol–water partition coefficient (Wildman–Crippen LogP) is 4.70. The van der Waals surface area contributed by atoms with Gasteiger partial charge >= 0.3 is 0 Å². The Morgan fingerprint density at radius 3 is 2.52 bits per heavy atom. The summed E-state index contributed by atoms with van der Waals surface area (Å²) in [5.41, 5.74) is 2.30. The number of ketones is 1. The molecule has 4 rings (SSSR count). The number of carbonyl (C=O) groups excluding carboxylic acids is 2. The Kier molecular flexibility index (Phi) is 4.84. The van der Waals surface area contributed by atoms with Crippen molar-refractivity contribution in [2.45, 2.75) is 33.2 Å². The van der Waals surface area contributed by atoms with Gasteiger partial charge < -0.3 is 9.52 Å². The molecule has 1 atom stereocenters. The topological polar surface area (TPSA) is 83.6 Å². The molecule has 1 N–H and O–H groups in total. The summed E-state index contributed by atoms with van der Waals surface area (Å²) in [6, 6.07) is 10.0. The van der Waals surface area contributed by atoms with Crippen molar-refractivity contribution in [1.82, 2.24) is 4.98 Å². The van der Waals surface area contributed by atoms with Crippen molar-refractivity contribution in [3.63, 3.8) is 0 Å². The van der Waals surface area contributed by atoms with Gasteiger partial charge in [-0.1, -0.05) is 19.1 Å². The highest BCUT2D eigenvalue weighted by atomic mass is 32.1. The van der Waals surface area contributed by atoms with E-state index in [1.807, 2.05) is 38.1 Å². The van der Waals surface area contributed by atoms with E-state index in [1.165, 1.54) is 22.5 Å². The molecule has 6 nitrogen and oxygen atoms in total. The second-order valence-corrected chi connectivity index (χ2v) is 8.06. The van der Waals surface area contributed by atoms with Crippen LogP contribution in [0.4, 0.5) is 5.69 Å². The van der Waals surface area contributed by atoms with Crippen LogP contribution in [0.5, 0.6) is 0 Å². The van der Waals surface area contributed by atoms with E-state index in [0.717, 1.165) is 17.0 Å². The molecule has 7 heteroatoms. The van der Waals surface area contributed by atoms with Crippen molar-refractivity contribution in [3.05, 3.63) is 80.9 Å². The standard InChI is InChI=1S/C22H20N2O4S/c1-4-14-7-9-15(10-8-14)24-18(16-6-5-11-28-16)17(20(26)22(24)27)19(25)21-12(2)23-13(3)29-21/h5-11,18,26H,4H2,1-3H3. The summed E-state index contributed by atoms with van der Waals surface area (Å²) in [6.07, 6.45) is 2.35. The highest BCUT2D eigenvalue weighted by Crippen LogP contribution is 2.42. The minimum atomic E-state index is -0.848. The van der Waals surface area contributed by atoms with Crippen LogP contribution < -0.4 is 4.90 Å². The summed E-state index contributed by atoms with van der Waals surface area (Å²) in [5.74, 6) is -1.18. The summed E-state index contributed by atoms with van der Waals surface area (Å²) in [6.45, 7) is 5.60. The van der Waals surface area contributed by atoms with Crippen LogP contribution >= 0.6 is 11.3 Å². The van der Waals surface area contributed by atoms with E-state index >= 15 is 0 Å². The molecule has 29 heavy (non-hydrogen) atoms. The van der Waals surface area contributed by atoms with Gasteiger partial charge in [-0.05, 0) is 50.1 Å². The van der Waals surface area contributed by atoms with E-state index in [1.54, 1.807) is 19.1 Å². The molecule has 148 valence electrons. The Bertz CT molecular complexity index is 1110. The second kappa shape index (κ2) is 7.33. The normalized spacial score (nSPS) is 16.7. The average molecular weight is 408 g/mol. The Morgan fingerprint density at radius 1 is 1.24 bits per heavy atom. The average Bonchev–Trinajstić information content (AvgIpc) is 3.41. The minimum absolute atomic E-state index is 0.0104. The minimum Gasteiger partial charge on any atom is -0.503 e. The maximum absolute atomic E-state index is 13.4. The van der Waals surface area contributed by atoms with Gasteiger partial charge in [0.05, 0.1) is 27.4 Å². The monoisotopic (exact) mass is 408 g/mol. The van der Waals surface area contributed by atoms with E-state index in [9.17, 15) is 14.7 Å². The quantitative estimate of drug-likeness (QED) is 0.619. The Balaban J connectivity index is 1.84. The van der Waals surface area contributed by atoms with Crippen LogP contribution in [0.1, 0.15) is 44.7 Å². The van der Waals surface area contributed by atoms with Gasteiger partial charge in [0.1, 0.15) is 11.8 Å². The number of rotatable bonds is 5. The van der Waals surface area contributed by atoms with E-state index in [-0.39, 0.29) is 5.57 Å². The number of benzene rings is 1. The summed E-state index contributed by atoms with van der Waals surface area (Å²) in [4.78, 5) is 32.5. The number of Topliss-reactive ketones (excluding diaryl/α,β-unsaturated/α-hetero) is 1. The Labute approximate surface area is 172 Å². The SMILES string of the molecule is CCc1ccc(N2C(=O)C(O)=C(C(=O)c3sc(C)nc3C)C2c2ccco2)cc1. The van der Waals surface area contributed by atoms with Gasteiger partial charge in [-0.2, -0.15) is 0 Å². The summed E-state index contributed by atoms with van der Waals surface area (Å²) in [7, 11) is 0. The summed E-state index contributed by atoms with van der Waals surface area (Å²) < 4.78 is 5.56. The van der Waals surface area contributed by atoms with Crippen LogP contribution in [0, 0.1) is 13.8 Å². The third kappa shape index (κ3) is 3.17. The number of thiazole rings is 1. The molecule has 1 aromatic carbocycles. The van der Waals surface area contributed by atoms with E-state index in [4.69, 9.17) is 4.42 Å². The fourth-order valence-corrected chi connectivity index (χ4v) is 4.45. The molecule has 0 radical (unpaired) electrons. The lowest BCUT2D eigenvalue weighted by molar-refractivity contribution is -0.117. The number of nitrogens with zero attached hydrogens (tertiary/aromatic N) is 2. The number of aliphatic hydroxyl groups excluding tert-OH is 1. The first kappa shape index (κ1) is 19.1. The van der Waals surface area contributed by atoms with Gasteiger partial charge in [0.2, 0.25) is 5.78 Å². The lowest BCUT2D eigenvalue weighted by atomic mass is 9.99. The van der Waals surface area contributed by atoms with Gasteiger partial charge in [0.25, 0.3) is 5.91 Å². The van der Waals surface area contributed by atoms with Gasteiger partial charge in [-0.25, -0.2) is 4.98 Å². The van der Waals surface area contributed by atoms with Gasteiger partial charge in [-0.3, -0.25) is 14.5 Å². The summed E-state index contributed by atoms with van der Waals surface area (Å²) >= 11 is 1.25. The molecule has 2 aromatic heterocycles. The molecule has 1 amide bonds. The van der Waals surface area contributed by atoms with E-state index in [2.05, 4.69) is 4.98 Å². The van der Waals surface area contributed by atoms with Crippen LogP contribution in [0.25, 0.3) is 0 Å². The van der Waals surface area contributed by atoms with Crippen LogP contribution in [0.3, 0.4) is 0 Å². The smallest absolute Gasteiger partial charge is 0.294 e. The molecular weight excluding hydrogens is 388 g/mol. The summed E-state index contributed by atoms with van der Waals surface area (Å²) in [5, 5.41) is 11.4. The second-order valence-electron chi connectivity index (χ2n) is 6.85. The molecule has 1 unspecified atom stereocenters. The number of carbonyl (C=O) groups is 2. The number of furan rings is 1. The Morgan fingerprint density at radius 2 is 1.97 bits per heavy atom. The largest absolute Gasteiger partial charge is 0.503 e. The van der Waals surface area contributed by atoms with Crippen molar-refractivity contribution in [1.29, 1.82) is 0 Å². The first-order valence-electron chi connectivity index (χ1n) is 9.30. The van der Waals surface area contributed by atoms with E-state index < -0.39 is 23.5 Å². The van der Waals surface area contributed by atoms with Crippen molar-refractivity contribution >= 4 is 28.7 Å². The number of aliphatic hydroxyl groups is 1. The molecular formula is C22H20N2O4S. The number of hydrogen-bond donors (Lipinski definition) is 1. The number of anilines is 1. The zero-order valence-corrected chi connectivity index (χ0v) is 17.1. The maximum atomic E-state index is 13.4. The first-order valence-corrected chi connectivity index (χ1v) is 10.1. The predicted molar refractivity (Wildman–Crippen MR) is 110 cm³/mol. The van der Waals surface area contributed by atoms with Crippen molar-refractivity contribution in [2.24, 2.45) is 0 Å². The molecule has 1 aliphatic rings. The number of aromatic nitrogens is 1. The molecule has 0 bridgehead atoms. The number of amides is 1. The maximum Gasteiger partial charge on any atom is 0.294 e. The zero-order chi connectivity index (χ0) is 20.7. The molecule has 0 saturated carbocycles. The van der Waals surface area contributed by atoms with Crippen LogP contribution in [-0.2, 0) is 11.2 Å². The Hall–Kier alpha value is -3.19. The molecule has 3 heterocycles. The lowest BCUT2D eigenvalue weighted by Crippen LogP contribution is -2.30. The highest BCUT2D eigenvalue weighted by Gasteiger charge is 2.46. The zero-order valence-electron chi connectivity index (χ0n) is 16.3. The van der Waals surface area contributed by atoms with E-state index in [0.29, 0.717) is 22.0 Å². The van der Waals surface area contributed by atoms with Crippen molar-refractivity contribution < 1.29 is 19.1 Å². The van der Waals surface area contributed by atoms with Crippen LogP contribution in [-0.4, -0.2) is 21.8 Å². The fourth-order valence-electron chi connectivity index (χ4n) is 3.58. The number of aryl methyl sites for hydroxylation is 3. The third-order valence-electron chi connectivity index (χ3n) is 5.00. The third-order valence-corrected chi connectivity index (χ3v) is 6.07. The molecule has 0 spiro atoms. The van der Waals surface area contributed by atoms with Crippen LogP contribution in [0.2, 0.25) is 0 Å². The lowest BCUT2D eigenvalue weighted by Gasteiger charge is -2.25. The molecule has 3 aromatic rings.